The lowest BCUT2D eigenvalue weighted by molar-refractivity contribution is -0.139. The van der Waals surface area contributed by atoms with Crippen LogP contribution >= 0.6 is 61.1 Å². The number of rotatable bonds is 7. The molecule has 0 unspecified atom stereocenters. The van der Waals surface area contributed by atoms with Crippen molar-refractivity contribution in [3.63, 3.8) is 0 Å². The monoisotopic (exact) mass is 701 g/mol. The molecule has 0 saturated heterocycles. The Morgan fingerprint density at radius 1 is 1.13 bits per heavy atom. The average Bonchev–Trinajstić information content (AvgIpc) is 2.58. The molecule has 0 aliphatic carbocycles. The van der Waals surface area contributed by atoms with Gasteiger partial charge >= 0.3 is 12.1 Å². The van der Waals surface area contributed by atoms with E-state index < -0.39 is 23.7 Å². The van der Waals surface area contributed by atoms with Crippen LogP contribution in [0.5, 0.6) is 5.75 Å². The molecule has 0 saturated carbocycles. The third-order valence-electron chi connectivity index (χ3n) is 3.76. The summed E-state index contributed by atoms with van der Waals surface area (Å²) < 4.78 is 13.9. The highest BCUT2D eigenvalue weighted by Gasteiger charge is 2.25. The lowest BCUT2D eigenvalue weighted by atomic mass is 10.1. The number of nitrogens with one attached hydrogen (secondary N) is 1. The molecule has 6 nitrogen and oxygen atoms in total. The van der Waals surface area contributed by atoms with E-state index in [0.29, 0.717) is 6.61 Å². The van der Waals surface area contributed by atoms with Crippen molar-refractivity contribution in [1.29, 1.82) is 0 Å². The summed E-state index contributed by atoms with van der Waals surface area (Å²) in [5, 5.41) is 11.9. The topological polar surface area (TPSA) is 84.9 Å². The van der Waals surface area contributed by atoms with Gasteiger partial charge in [-0.15, -0.1) is 0 Å². The van der Waals surface area contributed by atoms with Crippen LogP contribution in [0.15, 0.2) is 40.9 Å². The fraction of sp³-hybridized carbons (Fsp3) is 0.333. The SMILES string of the molecule is CC(C)(C)OC(=O)N[C@H](Cc1cc(I)c(OCc2cccc(Br)c2)c(I)c1)C(=O)O. The molecule has 30 heavy (non-hydrogen) atoms. The fourth-order valence-corrected chi connectivity index (χ4v) is 5.19. The maximum atomic E-state index is 12.0. The van der Waals surface area contributed by atoms with E-state index in [9.17, 15) is 14.7 Å². The lowest BCUT2D eigenvalue weighted by Crippen LogP contribution is -2.44. The van der Waals surface area contributed by atoms with Crippen LogP contribution in [-0.4, -0.2) is 28.8 Å². The van der Waals surface area contributed by atoms with Gasteiger partial charge in [0.15, 0.2) is 0 Å². The van der Waals surface area contributed by atoms with Gasteiger partial charge in [0, 0.05) is 10.9 Å². The Balaban J connectivity index is 2.10. The largest absolute Gasteiger partial charge is 0.487 e. The van der Waals surface area contributed by atoms with Crippen molar-refractivity contribution in [2.45, 2.75) is 45.4 Å². The van der Waals surface area contributed by atoms with Crippen molar-refractivity contribution in [1.82, 2.24) is 5.32 Å². The third-order valence-corrected chi connectivity index (χ3v) is 5.85. The standard InChI is InChI=1S/C21H22BrI2NO5/c1-21(2,3)30-20(28)25-17(19(26)27)10-13-8-15(23)18(16(24)9-13)29-11-12-5-4-6-14(22)7-12/h4-9,17H,10-11H2,1-3H3,(H,25,28)(H,26,27)/t17-/m1/s1. The quantitative estimate of drug-likeness (QED) is 0.359. The Hall–Kier alpha value is -1.08. The van der Waals surface area contributed by atoms with E-state index in [-0.39, 0.29) is 6.42 Å². The number of alkyl carbamates (subject to hydrolysis) is 1. The molecule has 2 aromatic rings. The molecule has 1 amide bonds. The van der Waals surface area contributed by atoms with Crippen LogP contribution in [0.2, 0.25) is 0 Å². The molecule has 0 spiro atoms. The van der Waals surface area contributed by atoms with E-state index in [1.807, 2.05) is 36.4 Å². The molecule has 0 radical (unpaired) electrons. The second-order valence-electron chi connectivity index (χ2n) is 7.55. The molecule has 2 aromatic carbocycles. The Morgan fingerprint density at radius 3 is 2.30 bits per heavy atom. The first-order valence-electron chi connectivity index (χ1n) is 9.02. The average molecular weight is 702 g/mol. The zero-order valence-corrected chi connectivity index (χ0v) is 22.6. The smallest absolute Gasteiger partial charge is 0.408 e. The van der Waals surface area contributed by atoms with E-state index in [2.05, 4.69) is 66.4 Å². The second kappa shape index (κ2) is 11.0. The summed E-state index contributed by atoms with van der Waals surface area (Å²) in [6, 6.07) is 10.5. The minimum Gasteiger partial charge on any atom is -0.487 e. The lowest BCUT2D eigenvalue weighted by Gasteiger charge is -2.22. The number of hydrogen-bond acceptors (Lipinski definition) is 4. The van der Waals surface area contributed by atoms with Gasteiger partial charge in [0.05, 0.1) is 7.14 Å². The van der Waals surface area contributed by atoms with Crippen LogP contribution in [0.4, 0.5) is 4.79 Å². The Bertz CT molecular complexity index is 907. The normalized spacial score (nSPS) is 12.2. The van der Waals surface area contributed by atoms with Crippen LogP contribution in [-0.2, 0) is 22.6 Å². The summed E-state index contributed by atoms with van der Waals surface area (Å²) in [6.07, 6.45) is -0.625. The van der Waals surface area contributed by atoms with Crippen LogP contribution < -0.4 is 10.1 Å². The molecule has 0 aliphatic rings. The van der Waals surface area contributed by atoms with E-state index in [4.69, 9.17) is 9.47 Å². The van der Waals surface area contributed by atoms with Gasteiger partial charge in [0.2, 0.25) is 0 Å². The van der Waals surface area contributed by atoms with Crippen molar-refractivity contribution < 1.29 is 24.2 Å². The van der Waals surface area contributed by atoms with Gasteiger partial charge < -0.3 is 19.9 Å². The third kappa shape index (κ3) is 8.22. The number of carbonyl (C=O) groups excluding carboxylic acids is 1. The van der Waals surface area contributed by atoms with Gasteiger partial charge in [-0.2, -0.15) is 0 Å². The van der Waals surface area contributed by atoms with Crippen LogP contribution in [0.25, 0.3) is 0 Å². The maximum Gasteiger partial charge on any atom is 0.408 e. The Labute approximate surface area is 211 Å². The molecule has 1 atom stereocenters. The molecule has 2 rings (SSSR count). The summed E-state index contributed by atoms with van der Waals surface area (Å²) >= 11 is 7.79. The number of halogens is 3. The molecule has 9 heteroatoms. The molecule has 2 N–H and O–H groups in total. The van der Waals surface area contributed by atoms with Crippen LogP contribution in [0.1, 0.15) is 31.9 Å². The van der Waals surface area contributed by atoms with Crippen molar-refractivity contribution in [2.24, 2.45) is 0 Å². The van der Waals surface area contributed by atoms with Crippen molar-refractivity contribution in [2.75, 3.05) is 0 Å². The first kappa shape index (κ1) is 25.2. The summed E-state index contributed by atoms with van der Waals surface area (Å²) in [7, 11) is 0. The number of ether oxygens (including phenoxy) is 2. The van der Waals surface area contributed by atoms with Crippen LogP contribution in [0, 0.1) is 7.14 Å². The van der Waals surface area contributed by atoms with Gasteiger partial charge in [0.25, 0.3) is 0 Å². The molecule has 0 aliphatic heterocycles. The number of carbonyl (C=O) groups is 2. The zero-order chi connectivity index (χ0) is 22.5. The van der Waals surface area contributed by atoms with E-state index in [0.717, 1.165) is 28.5 Å². The number of hydrogen-bond donors (Lipinski definition) is 2. The Kier molecular flexibility index (Phi) is 9.22. The molecule has 0 heterocycles. The maximum absolute atomic E-state index is 12.0. The summed E-state index contributed by atoms with van der Waals surface area (Å²) in [6.45, 7) is 5.59. The second-order valence-corrected chi connectivity index (χ2v) is 10.8. The predicted octanol–water partition coefficient (Wildman–Crippen LogP) is 5.76. The minimum absolute atomic E-state index is 0.131. The Morgan fingerprint density at radius 2 is 1.77 bits per heavy atom. The van der Waals surface area contributed by atoms with Gasteiger partial charge in [-0.3, -0.25) is 0 Å². The van der Waals surface area contributed by atoms with Gasteiger partial charge in [-0.25, -0.2) is 9.59 Å². The summed E-state index contributed by atoms with van der Waals surface area (Å²) in [5.74, 6) is -0.382. The summed E-state index contributed by atoms with van der Waals surface area (Å²) in [5.41, 5.74) is 1.11. The van der Waals surface area contributed by atoms with E-state index in [1.54, 1.807) is 20.8 Å². The highest BCUT2D eigenvalue weighted by Crippen LogP contribution is 2.30. The first-order chi connectivity index (χ1) is 13.9. The molecular formula is C21H22BrI2NO5. The van der Waals surface area contributed by atoms with Crippen molar-refractivity contribution >= 4 is 73.2 Å². The number of carboxylic acid groups (broad SMARTS) is 1. The molecule has 0 aromatic heterocycles. The predicted molar refractivity (Wildman–Crippen MR) is 135 cm³/mol. The number of aliphatic carboxylic acids is 1. The molecule has 0 fully saturated rings. The van der Waals surface area contributed by atoms with Crippen LogP contribution in [0.3, 0.4) is 0 Å². The first-order valence-corrected chi connectivity index (χ1v) is 12.0. The summed E-state index contributed by atoms with van der Waals surface area (Å²) in [4.78, 5) is 23.6. The van der Waals surface area contributed by atoms with Gasteiger partial charge in [-0.05, 0) is 101 Å². The number of amides is 1. The fourth-order valence-electron chi connectivity index (χ4n) is 2.54. The van der Waals surface area contributed by atoms with Gasteiger partial charge in [-0.1, -0.05) is 28.1 Å². The number of benzene rings is 2. The van der Waals surface area contributed by atoms with E-state index >= 15 is 0 Å². The van der Waals surface area contributed by atoms with Crippen molar-refractivity contribution in [3.8, 4) is 5.75 Å². The number of carboxylic acids is 1. The highest BCUT2D eigenvalue weighted by molar-refractivity contribution is 14.1. The highest BCUT2D eigenvalue weighted by atomic mass is 127. The molecule has 0 bridgehead atoms. The zero-order valence-electron chi connectivity index (χ0n) is 16.7. The van der Waals surface area contributed by atoms with Gasteiger partial charge in [0.1, 0.15) is 24.0 Å². The van der Waals surface area contributed by atoms with E-state index in [1.165, 1.54) is 0 Å². The molecular weight excluding hydrogens is 680 g/mol. The minimum atomic E-state index is -1.12. The van der Waals surface area contributed by atoms with Crippen molar-refractivity contribution in [3.05, 3.63) is 59.1 Å². The molecule has 162 valence electrons.